The first kappa shape index (κ1) is 19.4. The van der Waals surface area contributed by atoms with Crippen LogP contribution in [0.5, 0.6) is 5.75 Å². The van der Waals surface area contributed by atoms with E-state index in [2.05, 4.69) is 5.32 Å². The first-order valence-electron chi connectivity index (χ1n) is 9.74. The average molecular weight is 397 g/mol. The number of nitrogen functional groups attached to an aromatic ring is 1. The van der Waals surface area contributed by atoms with Gasteiger partial charge in [-0.2, -0.15) is 0 Å². The molecule has 0 bridgehead atoms. The highest BCUT2D eigenvalue weighted by atomic mass is 16.5. The molecular formula is C24H23N5O. The van der Waals surface area contributed by atoms with Crippen LogP contribution in [-0.2, 0) is 0 Å². The molecule has 6 nitrogen and oxygen atoms in total. The number of para-hydroxylation sites is 1. The first-order chi connectivity index (χ1) is 14.6. The summed E-state index contributed by atoms with van der Waals surface area (Å²) in [6, 6.07) is 21.1. The van der Waals surface area contributed by atoms with Gasteiger partial charge in [-0.15, -0.1) is 0 Å². The van der Waals surface area contributed by atoms with Crippen molar-refractivity contribution in [2.75, 3.05) is 18.2 Å². The minimum Gasteiger partial charge on any atom is -0.497 e. The molecule has 1 aromatic heterocycles. The molecule has 30 heavy (non-hydrogen) atoms. The second-order valence-electron chi connectivity index (χ2n) is 6.90. The summed E-state index contributed by atoms with van der Waals surface area (Å²) in [6.07, 6.45) is 0.617. The largest absolute Gasteiger partial charge is 0.497 e. The van der Waals surface area contributed by atoms with Crippen molar-refractivity contribution in [2.45, 2.75) is 13.3 Å². The van der Waals surface area contributed by atoms with Crippen LogP contribution in [0.1, 0.15) is 18.9 Å². The van der Waals surface area contributed by atoms with Crippen molar-refractivity contribution in [2.24, 2.45) is 0 Å². The molecule has 0 radical (unpaired) electrons. The van der Waals surface area contributed by atoms with Crippen LogP contribution in [0.15, 0.2) is 66.7 Å². The summed E-state index contributed by atoms with van der Waals surface area (Å²) in [5.74, 6) is 2.10. The van der Waals surface area contributed by atoms with E-state index >= 15 is 0 Å². The molecule has 0 aliphatic rings. The van der Waals surface area contributed by atoms with Crippen LogP contribution in [0.2, 0.25) is 0 Å². The fraction of sp³-hybridized carbons (Fsp3) is 0.125. The number of methoxy groups -OCH3 is 1. The zero-order valence-electron chi connectivity index (χ0n) is 16.9. The molecule has 0 unspecified atom stereocenters. The number of hydrogen-bond donors (Lipinski definition) is 3. The maximum atomic E-state index is 8.16. The molecule has 0 saturated heterocycles. The van der Waals surface area contributed by atoms with E-state index in [1.807, 2.05) is 73.7 Å². The van der Waals surface area contributed by atoms with Crippen molar-refractivity contribution < 1.29 is 4.74 Å². The fourth-order valence-electron chi connectivity index (χ4n) is 3.26. The average Bonchev–Trinajstić information content (AvgIpc) is 2.79. The molecule has 0 amide bonds. The fourth-order valence-corrected chi connectivity index (χ4v) is 3.26. The van der Waals surface area contributed by atoms with Crippen LogP contribution < -0.4 is 15.8 Å². The van der Waals surface area contributed by atoms with Gasteiger partial charge in [0.25, 0.3) is 0 Å². The second-order valence-corrected chi connectivity index (χ2v) is 6.90. The number of fused-ring (bicyclic) bond motifs is 1. The molecule has 4 aromatic rings. The maximum Gasteiger partial charge on any atom is 0.162 e. The van der Waals surface area contributed by atoms with Gasteiger partial charge < -0.3 is 21.2 Å². The Morgan fingerprint density at radius 2 is 1.80 bits per heavy atom. The van der Waals surface area contributed by atoms with Gasteiger partial charge in [0.05, 0.1) is 12.6 Å². The van der Waals surface area contributed by atoms with Crippen molar-refractivity contribution in [3.05, 3.63) is 72.3 Å². The smallest absolute Gasteiger partial charge is 0.162 e. The van der Waals surface area contributed by atoms with Crippen molar-refractivity contribution in [3.8, 4) is 17.1 Å². The lowest BCUT2D eigenvalue weighted by Gasteiger charge is -2.13. The van der Waals surface area contributed by atoms with Gasteiger partial charge in [0, 0.05) is 33.6 Å². The number of nitrogens with one attached hydrogen (secondary N) is 2. The lowest BCUT2D eigenvalue weighted by molar-refractivity contribution is 0.415. The summed E-state index contributed by atoms with van der Waals surface area (Å²) in [7, 11) is 1.64. The van der Waals surface area contributed by atoms with E-state index in [4.69, 9.17) is 25.8 Å². The van der Waals surface area contributed by atoms with Crippen LogP contribution in [0.3, 0.4) is 0 Å². The molecule has 6 heteroatoms. The van der Waals surface area contributed by atoms with Gasteiger partial charge in [-0.3, -0.25) is 0 Å². The van der Waals surface area contributed by atoms with Crippen LogP contribution in [0.25, 0.3) is 22.3 Å². The third kappa shape index (κ3) is 3.80. The molecule has 4 N–H and O–H groups in total. The van der Waals surface area contributed by atoms with E-state index in [0.717, 1.165) is 33.5 Å². The maximum absolute atomic E-state index is 8.16. The minimum absolute atomic E-state index is 0.502. The van der Waals surface area contributed by atoms with Crippen molar-refractivity contribution >= 4 is 33.8 Å². The third-order valence-electron chi connectivity index (χ3n) is 4.95. The minimum atomic E-state index is 0.502. The Labute approximate surface area is 175 Å². The van der Waals surface area contributed by atoms with Crippen molar-refractivity contribution in [1.29, 1.82) is 5.41 Å². The van der Waals surface area contributed by atoms with Crippen molar-refractivity contribution in [3.63, 3.8) is 0 Å². The summed E-state index contributed by atoms with van der Waals surface area (Å²) < 4.78 is 5.25. The molecule has 4 rings (SSSR count). The summed E-state index contributed by atoms with van der Waals surface area (Å²) >= 11 is 0. The third-order valence-corrected chi connectivity index (χ3v) is 4.95. The summed E-state index contributed by atoms with van der Waals surface area (Å²) in [5.41, 5.74) is 10.5. The molecule has 1 heterocycles. The molecule has 0 aliphatic heterocycles. The summed E-state index contributed by atoms with van der Waals surface area (Å²) in [6.45, 7) is 1.95. The Morgan fingerprint density at radius 3 is 2.53 bits per heavy atom. The molecular weight excluding hydrogens is 374 g/mol. The van der Waals surface area contributed by atoms with Crippen LogP contribution in [-0.4, -0.2) is 22.8 Å². The van der Waals surface area contributed by atoms with E-state index in [9.17, 15) is 0 Å². The van der Waals surface area contributed by atoms with Gasteiger partial charge in [-0.05, 0) is 61.0 Å². The van der Waals surface area contributed by atoms with E-state index < -0.39 is 0 Å². The van der Waals surface area contributed by atoms with Crippen molar-refractivity contribution in [1.82, 2.24) is 9.97 Å². The Hall–Kier alpha value is -3.93. The molecule has 0 saturated carbocycles. The van der Waals surface area contributed by atoms with E-state index in [1.54, 1.807) is 7.11 Å². The van der Waals surface area contributed by atoms with Gasteiger partial charge in [-0.25, -0.2) is 9.97 Å². The Morgan fingerprint density at radius 1 is 1.03 bits per heavy atom. The van der Waals surface area contributed by atoms with Gasteiger partial charge in [0.2, 0.25) is 0 Å². The molecule has 0 aliphatic carbocycles. The molecule has 0 atom stereocenters. The van der Waals surface area contributed by atoms with Crippen LogP contribution in [0.4, 0.5) is 17.2 Å². The number of ether oxygens (including phenoxy) is 1. The highest BCUT2D eigenvalue weighted by molar-refractivity contribution is 6.03. The molecule has 0 spiro atoms. The second kappa shape index (κ2) is 8.21. The number of anilines is 3. The molecule has 0 fully saturated rings. The zero-order valence-corrected chi connectivity index (χ0v) is 16.9. The molecule has 150 valence electrons. The summed E-state index contributed by atoms with van der Waals surface area (Å²) in [5, 5.41) is 12.5. The Balaban J connectivity index is 1.79. The standard InChI is InChI=1S/C24H23N5O/c1-3-20(25)19-14-16(10-13-21(19)26)27-24-18-6-4-5-7-22(18)28-23(29-24)15-8-11-17(30-2)12-9-15/h4-14,25H,3,26H2,1-2H3,(H,27,28,29). The van der Waals surface area contributed by atoms with E-state index in [0.29, 0.717) is 29.5 Å². The predicted molar refractivity (Wildman–Crippen MR) is 123 cm³/mol. The lowest BCUT2D eigenvalue weighted by Crippen LogP contribution is -2.04. The summed E-state index contributed by atoms with van der Waals surface area (Å²) in [4.78, 5) is 9.52. The first-order valence-corrected chi connectivity index (χ1v) is 9.74. The van der Waals surface area contributed by atoms with Gasteiger partial charge in [0.1, 0.15) is 11.6 Å². The highest BCUT2D eigenvalue weighted by Crippen LogP contribution is 2.29. The van der Waals surface area contributed by atoms with Crippen LogP contribution >= 0.6 is 0 Å². The number of benzene rings is 3. The van der Waals surface area contributed by atoms with Crippen LogP contribution in [0, 0.1) is 5.41 Å². The van der Waals surface area contributed by atoms with Gasteiger partial charge in [0.15, 0.2) is 5.82 Å². The van der Waals surface area contributed by atoms with E-state index in [-0.39, 0.29) is 0 Å². The van der Waals surface area contributed by atoms with Gasteiger partial charge >= 0.3 is 0 Å². The lowest BCUT2D eigenvalue weighted by atomic mass is 10.1. The Kier molecular flexibility index (Phi) is 5.30. The number of nitrogens with two attached hydrogens (primary N) is 1. The predicted octanol–water partition coefficient (Wildman–Crippen LogP) is 5.41. The normalized spacial score (nSPS) is 10.7. The monoisotopic (exact) mass is 397 g/mol. The number of hydrogen-bond acceptors (Lipinski definition) is 6. The Bertz CT molecular complexity index is 1220. The topological polar surface area (TPSA) is 96.9 Å². The van der Waals surface area contributed by atoms with E-state index in [1.165, 1.54) is 0 Å². The zero-order chi connectivity index (χ0) is 21.1. The highest BCUT2D eigenvalue weighted by Gasteiger charge is 2.11. The number of aromatic nitrogens is 2. The SMILES string of the molecule is CCC(=N)c1cc(Nc2nc(-c3ccc(OC)cc3)nc3ccccc23)ccc1N. The molecule has 3 aromatic carbocycles. The number of rotatable bonds is 6. The number of nitrogens with zero attached hydrogens (tertiary/aromatic N) is 2. The van der Waals surface area contributed by atoms with Gasteiger partial charge in [-0.1, -0.05) is 19.1 Å². The quantitative estimate of drug-likeness (QED) is 0.299.